The van der Waals surface area contributed by atoms with E-state index >= 15 is 0 Å². The van der Waals surface area contributed by atoms with Gasteiger partial charge in [-0.15, -0.1) is 29.6 Å². The van der Waals surface area contributed by atoms with Crippen molar-refractivity contribution in [1.29, 1.82) is 0 Å². The molecule has 0 unspecified atom stereocenters. The molecule has 2 aromatic heterocycles. The van der Waals surface area contributed by atoms with E-state index in [1.165, 1.54) is 16.7 Å². The number of carbonyl (C=O) groups is 1. The molecular formula is C74H51Cl2N5O5S. The molecule has 5 rings (SSSR count). The molecule has 0 radical (unpaired) electrons. The summed E-state index contributed by atoms with van der Waals surface area (Å²) in [5.74, 6) is 92.0. The summed E-state index contributed by atoms with van der Waals surface area (Å²) in [5.41, 5.74) is 10.6. The Kier molecular flexibility index (Phi) is 54.6. The molecule has 0 amide bonds. The maximum atomic E-state index is 9.68. The highest BCUT2D eigenvalue weighted by molar-refractivity contribution is 7.71. The Labute approximate surface area is 528 Å². The van der Waals surface area contributed by atoms with Crippen LogP contribution in [0.2, 0.25) is 0 Å². The quantitative estimate of drug-likeness (QED) is 0.0567. The Morgan fingerprint density at radius 3 is 1.06 bits per heavy atom. The van der Waals surface area contributed by atoms with Gasteiger partial charge in [0.1, 0.15) is 13.2 Å². The fraction of sp³-hybridized carbons (Fsp3) is 0.149. The number of aliphatic hydroxyl groups excluding tert-OH is 4. The summed E-state index contributed by atoms with van der Waals surface area (Å²) in [6.07, 6.45) is 10.1. The SMILES string of the molecule is C#CC#CC#CC#CC#CC#CC#CC#CC#CC#CC.CC#CC#CC#CC#CC#CC#CC#CC#CC#CC.ClCCl.NCc1ccccc1.O=C(CO)CO.OCc1c[nH]c(=S)n1Cc1ccccc1.OCc1cncn1Cc1ccccc1. The van der Waals surface area contributed by atoms with Crippen LogP contribution in [0.5, 0.6) is 0 Å². The molecule has 0 saturated heterocycles. The van der Waals surface area contributed by atoms with Gasteiger partial charge in [0.15, 0.2) is 10.6 Å². The molecule has 87 heavy (non-hydrogen) atoms. The second-order valence-electron chi connectivity index (χ2n) is 14.1. The zero-order chi connectivity index (χ0) is 64.2. The fourth-order valence-electron chi connectivity index (χ4n) is 4.70. The number of terminal acetylenes is 1. The maximum absolute atomic E-state index is 9.68. The lowest BCUT2D eigenvalue weighted by atomic mass is 10.2. The number of halogens is 2. The number of benzene rings is 3. The van der Waals surface area contributed by atoms with Crippen LogP contribution in [0.3, 0.4) is 0 Å². The number of nitrogens with zero attached hydrogens (tertiary/aromatic N) is 3. The van der Waals surface area contributed by atoms with Crippen molar-refractivity contribution in [1.82, 2.24) is 19.1 Å². The molecule has 5 aromatic rings. The number of H-pyrrole nitrogens is 1. The Morgan fingerprint density at radius 1 is 0.494 bits per heavy atom. The Hall–Kier alpha value is -12.0. The van der Waals surface area contributed by atoms with Crippen molar-refractivity contribution in [3.8, 4) is 225 Å². The molecule has 0 atom stereocenters. The second-order valence-corrected chi connectivity index (χ2v) is 15.3. The number of aromatic amines is 1. The van der Waals surface area contributed by atoms with Gasteiger partial charge < -0.3 is 40.3 Å². The van der Waals surface area contributed by atoms with Crippen LogP contribution in [-0.4, -0.2) is 63.9 Å². The van der Waals surface area contributed by atoms with E-state index in [0.29, 0.717) is 17.9 Å². The van der Waals surface area contributed by atoms with Crippen LogP contribution in [-0.2, 0) is 37.6 Å². The predicted molar refractivity (Wildman–Crippen MR) is 351 cm³/mol. The number of imidazole rings is 2. The van der Waals surface area contributed by atoms with E-state index in [9.17, 15) is 4.79 Å². The topological polar surface area (TPSA) is 163 Å². The van der Waals surface area contributed by atoms with E-state index in [1.54, 1.807) is 39.5 Å². The van der Waals surface area contributed by atoms with Crippen molar-refractivity contribution in [2.24, 2.45) is 5.73 Å². The van der Waals surface area contributed by atoms with Gasteiger partial charge in [0.2, 0.25) is 0 Å². The minimum atomic E-state index is -0.559. The van der Waals surface area contributed by atoms with Crippen LogP contribution in [0, 0.1) is 230 Å². The number of Topliss-reactive ketones (excluding diaryl/α,β-unsaturated/α-hetero) is 1. The molecule has 13 heteroatoms. The number of aliphatic hydroxyl groups is 4. The van der Waals surface area contributed by atoms with Gasteiger partial charge in [-0.25, -0.2) is 4.98 Å². The van der Waals surface area contributed by atoms with Crippen LogP contribution in [0.15, 0.2) is 110 Å². The van der Waals surface area contributed by atoms with Gasteiger partial charge in [0.05, 0.1) is 49.0 Å². The Bertz CT molecular complexity index is 4220. The zero-order valence-corrected chi connectivity index (χ0v) is 49.7. The number of carbonyl (C=O) groups excluding carboxylic acids is 1. The highest BCUT2D eigenvalue weighted by atomic mass is 35.5. The lowest BCUT2D eigenvalue weighted by Crippen LogP contribution is -2.07. The minimum absolute atomic E-state index is 0.0000262. The molecule has 2 heterocycles. The van der Waals surface area contributed by atoms with Crippen molar-refractivity contribution < 1.29 is 25.2 Å². The van der Waals surface area contributed by atoms with Crippen LogP contribution >= 0.6 is 35.4 Å². The van der Waals surface area contributed by atoms with E-state index in [4.69, 9.17) is 68.0 Å². The molecular weight excluding hydrogens is 1140 g/mol. The molecule has 0 aliphatic rings. The van der Waals surface area contributed by atoms with Gasteiger partial charge in [-0.1, -0.05) is 109 Å². The lowest BCUT2D eigenvalue weighted by Gasteiger charge is -2.06. The molecule has 0 aliphatic heterocycles. The summed E-state index contributed by atoms with van der Waals surface area (Å²) in [5, 5.41) is 34.0. The lowest BCUT2D eigenvalue weighted by molar-refractivity contribution is -0.124. The summed E-state index contributed by atoms with van der Waals surface area (Å²) in [7, 11) is 0. The van der Waals surface area contributed by atoms with E-state index in [-0.39, 0.29) is 18.6 Å². The van der Waals surface area contributed by atoms with Crippen LogP contribution in [0.4, 0.5) is 0 Å². The average molecular weight is 1190 g/mol. The molecule has 0 fully saturated rings. The number of rotatable bonds is 9. The summed E-state index contributed by atoms with van der Waals surface area (Å²) in [6.45, 7) is 6.11. The number of hydrogen-bond acceptors (Lipinski definition) is 8. The number of aromatic nitrogens is 4. The Balaban J connectivity index is 0. The normalized spacial score (nSPS) is 6.91. The van der Waals surface area contributed by atoms with Gasteiger partial charge >= 0.3 is 0 Å². The summed E-state index contributed by atoms with van der Waals surface area (Å²) >= 11 is 14.7. The van der Waals surface area contributed by atoms with E-state index in [0.717, 1.165) is 17.9 Å². The molecule has 0 bridgehead atoms. The van der Waals surface area contributed by atoms with Crippen LogP contribution < -0.4 is 5.73 Å². The van der Waals surface area contributed by atoms with Gasteiger partial charge in [0.25, 0.3) is 0 Å². The largest absolute Gasteiger partial charge is 0.390 e. The molecule has 422 valence electrons. The molecule has 0 aliphatic carbocycles. The van der Waals surface area contributed by atoms with E-state index in [1.807, 2.05) is 88.0 Å². The number of nitrogens with two attached hydrogens (primary N) is 1. The minimum Gasteiger partial charge on any atom is -0.390 e. The van der Waals surface area contributed by atoms with Crippen molar-refractivity contribution >= 4 is 41.2 Å². The zero-order valence-electron chi connectivity index (χ0n) is 47.4. The smallest absolute Gasteiger partial charge is 0.183 e. The van der Waals surface area contributed by atoms with Crippen LogP contribution in [0.1, 0.15) is 48.8 Å². The van der Waals surface area contributed by atoms with Gasteiger partial charge in [-0.05, 0) is 239 Å². The highest BCUT2D eigenvalue weighted by Crippen LogP contribution is 2.08. The van der Waals surface area contributed by atoms with Crippen LogP contribution in [0.25, 0.3) is 0 Å². The van der Waals surface area contributed by atoms with Gasteiger partial charge in [-0.2, -0.15) is 0 Å². The van der Waals surface area contributed by atoms with Crippen molar-refractivity contribution in [2.75, 3.05) is 18.6 Å². The number of hydrogen-bond donors (Lipinski definition) is 6. The number of alkyl halides is 2. The number of nitrogens with one attached hydrogen (secondary N) is 1. The van der Waals surface area contributed by atoms with Crippen molar-refractivity contribution in [3.63, 3.8) is 0 Å². The monoisotopic (exact) mass is 1190 g/mol. The summed E-state index contributed by atoms with van der Waals surface area (Å²) in [4.78, 5) is 16.6. The fourth-order valence-corrected chi connectivity index (χ4v) is 4.94. The Morgan fingerprint density at radius 2 is 0.793 bits per heavy atom. The summed E-state index contributed by atoms with van der Waals surface area (Å²) in [6, 6.07) is 30.1. The molecule has 7 N–H and O–H groups in total. The van der Waals surface area contributed by atoms with Gasteiger partial charge in [0, 0.05) is 31.1 Å². The first kappa shape index (κ1) is 77.1. The second kappa shape index (κ2) is 61.6. The molecule has 0 saturated carbocycles. The average Bonchev–Trinajstić information content (AvgIpc) is 4.12. The van der Waals surface area contributed by atoms with Crippen molar-refractivity contribution in [2.45, 2.75) is 53.6 Å². The number of ketones is 1. The first-order chi connectivity index (χ1) is 42.7. The van der Waals surface area contributed by atoms with E-state index in [2.05, 4.69) is 241 Å². The molecule has 10 nitrogen and oxygen atoms in total. The third-order valence-corrected chi connectivity index (χ3v) is 8.61. The maximum Gasteiger partial charge on any atom is 0.183 e. The van der Waals surface area contributed by atoms with Crippen molar-refractivity contribution in [3.05, 3.63) is 143 Å². The first-order valence-electron chi connectivity index (χ1n) is 24.6. The predicted octanol–water partition coefficient (Wildman–Crippen LogP) is 6.34. The third-order valence-electron chi connectivity index (χ3n) is 8.27. The van der Waals surface area contributed by atoms with Gasteiger partial charge in [-0.3, -0.25) is 4.79 Å². The third kappa shape index (κ3) is 49.5. The standard InChI is InChI=1S/C21H4.C20H6.C11H12N2OS.C11H12N2O.C7H9N.C3H6O3.CH2Cl2/c1-3-5-7-9-11-13-15-17-19-21-20-18-16-14-12-10-8-6-4-2;1-3-5-7-9-11-13-15-17-19-20-18-16-14-12-10-8-6-4-2;14-8-10-6-12-11(15)13(10)7-9-4-2-1-3-5-9;14-8-11-6-12-9-13(11)7-10-4-2-1-3-5-10;8-6-7-4-2-1-3-5-7;4-1-3(6)2-5;2-1-3/h1H,2H3;1-2H3;1-6,14H,7-8H2,(H,12,15);1-6,9,14H,7-8H2;1-5H,6,8H2;4-5H,1-2H2;1H2. The highest BCUT2D eigenvalue weighted by Gasteiger charge is 2.03. The molecule has 3 aromatic carbocycles. The molecule has 0 spiro atoms. The van der Waals surface area contributed by atoms with E-state index < -0.39 is 19.0 Å². The first-order valence-corrected chi connectivity index (χ1v) is 26.0. The summed E-state index contributed by atoms with van der Waals surface area (Å²) < 4.78 is 4.47.